The Balaban J connectivity index is 2.38. The van der Waals surface area contributed by atoms with Gasteiger partial charge >= 0.3 is 5.97 Å². The van der Waals surface area contributed by atoms with E-state index in [9.17, 15) is 9.90 Å². The maximum Gasteiger partial charge on any atom is 0.311 e. The van der Waals surface area contributed by atoms with Crippen molar-refractivity contribution in [3.8, 4) is 5.75 Å². The maximum absolute atomic E-state index is 11.7. The van der Waals surface area contributed by atoms with Gasteiger partial charge in [-0.05, 0) is 41.8 Å². The van der Waals surface area contributed by atoms with Crippen LogP contribution in [0.1, 0.15) is 17.0 Å². The normalized spacial score (nSPS) is 12.0. The first kappa shape index (κ1) is 16.0. The van der Waals surface area contributed by atoms with E-state index in [1.54, 1.807) is 7.11 Å². The van der Waals surface area contributed by atoms with E-state index in [2.05, 4.69) is 31.9 Å². The Kier molecular flexibility index (Phi) is 5.42. The van der Waals surface area contributed by atoms with E-state index in [1.807, 2.05) is 42.5 Å². The van der Waals surface area contributed by atoms with Crippen molar-refractivity contribution >= 4 is 37.8 Å². The molecule has 21 heavy (non-hydrogen) atoms. The van der Waals surface area contributed by atoms with E-state index in [-0.39, 0.29) is 0 Å². The number of carbonyl (C=O) groups is 1. The number of carboxylic acids is 1. The lowest BCUT2D eigenvalue weighted by molar-refractivity contribution is -0.138. The van der Waals surface area contributed by atoms with E-state index in [0.717, 1.165) is 20.1 Å². The fourth-order valence-corrected chi connectivity index (χ4v) is 3.11. The predicted octanol–water partition coefficient (Wildman–Crippen LogP) is 4.63. The number of hydrogen-bond donors (Lipinski definition) is 1. The first-order chi connectivity index (χ1) is 10.0. The highest BCUT2D eigenvalue weighted by Gasteiger charge is 2.23. The molecular weight excluding hydrogens is 400 g/mol. The van der Waals surface area contributed by atoms with E-state index >= 15 is 0 Å². The number of carboxylic acid groups (broad SMARTS) is 1. The molecule has 1 unspecified atom stereocenters. The molecule has 5 heteroatoms. The number of rotatable bonds is 5. The molecule has 2 aromatic carbocycles. The first-order valence-corrected chi connectivity index (χ1v) is 7.91. The van der Waals surface area contributed by atoms with Crippen LogP contribution in [-0.4, -0.2) is 18.2 Å². The standard InChI is InChI=1S/C16H14Br2O3/c1-21-11-6-7-14(17)10(8-11)9-13(16(19)20)12-4-2-3-5-15(12)18/h2-8,13H,9H2,1H3,(H,19,20). The molecule has 0 fully saturated rings. The largest absolute Gasteiger partial charge is 0.497 e. The van der Waals surface area contributed by atoms with Crippen molar-refractivity contribution in [1.29, 1.82) is 0 Å². The van der Waals surface area contributed by atoms with Gasteiger partial charge in [0.15, 0.2) is 0 Å². The zero-order valence-electron chi connectivity index (χ0n) is 11.3. The SMILES string of the molecule is COc1ccc(Br)c(CC(C(=O)O)c2ccccc2Br)c1. The molecule has 110 valence electrons. The zero-order valence-corrected chi connectivity index (χ0v) is 14.5. The molecule has 0 bridgehead atoms. The Morgan fingerprint density at radius 1 is 1.19 bits per heavy atom. The van der Waals surface area contributed by atoms with Crippen LogP contribution in [0.4, 0.5) is 0 Å². The Morgan fingerprint density at radius 2 is 1.90 bits per heavy atom. The van der Waals surface area contributed by atoms with Crippen LogP contribution in [0.25, 0.3) is 0 Å². The quantitative estimate of drug-likeness (QED) is 0.777. The summed E-state index contributed by atoms with van der Waals surface area (Å²) in [6, 6.07) is 13.0. The van der Waals surface area contributed by atoms with Crippen molar-refractivity contribution in [3.63, 3.8) is 0 Å². The molecule has 0 saturated carbocycles. The number of benzene rings is 2. The Hall–Kier alpha value is -1.33. The summed E-state index contributed by atoms with van der Waals surface area (Å²) in [7, 11) is 1.59. The molecule has 2 rings (SSSR count). The van der Waals surface area contributed by atoms with Gasteiger partial charge in [-0.25, -0.2) is 0 Å². The molecule has 0 saturated heterocycles. The Labute approximate surface area is 140 Å². The summed E-state index contributed by atoms with van der Waals surface area (Å²) in [6.45, 7) is 0. The zero-order chi connectivity index (χ0) is 15.4. The lowest BCUT2D eigenvalue weighted by Crippen LogP contribution is -2.15. The monoisotopic (exact) mass is 412 g/mol. The third kappa shape index (κ3) is 3.86. The molecule has 0 amide bonds. The number of aliphatic carboxylic acids is 1. The molecule has 0 aliphatic carbocycles. The Morgan fingerprint density at radius 3 is 2.52 bits per heavy atom. The fourth-order valence-electron chi connectivity index (χ4n) is 2.14. The predicted molar refractivity (Wildman–Crippen MR) is 88.9 cm³/mol. The van der Waals surface area contributed by atoms with Gasteiger partial charge in [0.05, 0.1) is 13.0 Å². The van der Waals surface area contributed by atoms with Crippen molar-refractivity contribution < 1.29 is 14.6 Å². The average Bonchev–Trinajstić information content (AvgIpc) is 2.47. The van der Waals surface area contributed by atoms with Crippen LogP contribution in [0.3, 0.4) is 0 Å². The van der Waals surface area contributed by atoms with Gasteiger partial charge in [-0.1, -0.05) is 50.1 Å². The van der Waals surface area contributed by atoms with Crippen molar-refractivity contribution in [3.05, 3.63) is 62.5 Å². The van der Waals surface area contributed by atoms with Gasteiger partial charge in [-0.3, -0.25) is 4.79 Å². The number of methoxy groups -OCH3 is 1. The molecule has 0 aromatic heterocycles. The van der Waals surface area contributed by atoms with Gasteiger partial charge in [-0.15, -0.1) is 0 Å². The summed E-state index contributed by atoms with van der Waals surface area (Å²) in [4.78, 5) is 11.7. The van der Waals surface area contributed by atoms with Crippen molar-refractivity contribution in [2.75, 3.05) is 7.11 Å². The summed E-state index contributed by atoms with van der Waals surface area (Å²) in [6.07, 6.45) is 0.385. The molecule has 0 spiro atoms. The minimum absolute atomic E-state index is 0.385. The molecule has 0 aliphatic rings. The Bertz CT molecular complexity index is 656. The van der Waals surface area contributed by atoms with Gasteiger partial charge < -0.3 is 9.84 Å². The second kappa shape index (κ2) is 7.09. The number of halogens is 2. The average molecular weight is 414 g/mol. The summed E-state index contributed by atoms with van der Waals surface area (Å²) >= 11 is 6.89. The van der Waals surface area contributed by atoms with E-state index in [0.29, 0.717) is 12.2 Å². The van der Waals surface area contributed by atoms with E-state index < -0.39 is 11.9 Å². The molecular formula is C16H14Br2O3. The molecule has 1 N–H and O–H groups in total. The topological polar surface area (TPSA) is 46.5 Å². The van der Waals surface area contributed by atoms with Gasteiger partial charge in [0, 0.05) is 8.95 Å². The van der Waals surface area contributed by atoms with Gasteiger partial charge in [0.1, 0.15) is 5.75 Å². The molecule has 0 radical (unpaired) electrons. The van der Waals surface area contributed by atoms with Crippen LogP contribution in [0.15, 0.2) is 51.4 Å². The third-order valence-electron chi connectivity index (χ3n) is 3.26. The summed E-state index contributed by atoms with van der Waals surface area (Å²) in [5.41, 5.74) is 1.66. The molecule has 2 aromatic rings. The van der Waals surface area contributed by atoms with Crippen molar-refractivity contribution in [1.82, 2.24) is 0 Å². The van der Waals surface area contributed by atoms with Crippen molar-refractivity contribution in [2.24, 2.45) is 0 Å². The summed E-state index contributed by atoms with van der Waals surface area (Å²) in [5.74, 6) is -0.759. The van der Waals surface area contributed by atoms with Crippen LogP contribution in [0.5, 0.6) is 5.75 Å². The lowest BCUT2D eigenvalue weighted by atomic mass is 9.92. The van der Waals surface area contributed by atoms with Crippen LogP contribution >= 0.6 is 31.9 Å². The highest BCUT2D eigenvalue weighted by atomic mass is 79.9. The van der Waals surface area contributed by atoms with Gasteiger partial charge in [0.2, 0.25) is 0 Å². The van der Waals surface area contributed by atoms with E-state index in [1.165, 1.54) is 0 Å². The summed E-state index contributed by atoms with van der Waals surface area (Å²) in [5, 5.41) is 9.56. The lowest BCUT2D eigenvalue weighted by Gasteiger charge is -2.16. The third-order valence-corrected chi connectivity index (χ3v) is 4.75. The molecule has 3 nitrogen and oxygen atoms in total. The molecule has 0 aliphatic heterocycles. The molecule has 0 heterocycles. The van der Waals surface area contributed by atoms with Crippen LogP contribution in [-0.2, 0) is 11.2 Å². The van der Waals surface area contributed by atoms with Gasteiger partial charge in [-0.2, -0.15) is 0 Å². The second-order valence-electron chi connectivity index (χ2n) is 4.57. The minimum Gasteiger partial charge on any atom is -0.497 e. The van der Waals surface area contributed by atoms with E-state index in [4.69, 9.17) is 4.74 Å². The van der Waals surface area contributed by atoms with Gasteiger partial charge in [0.25, 0.3) is 0 Å². The second-order valence-corrected chi connectivity index (χ2v) is 6.28. The number of ether oxygens (including phenoxy) is 1. The van der Waals surface area contributed by atoms with Crippen LogP contribution < -0.4 is 4.74 Å². The van der Waals surface area contributed by atoms with Crippen LogP contribution in [0.2, 0.25) is 0 Å². The molecule has 1 atom stereocenters. The fraction of sp³-hybridized carbons (Fsp3) is 0.188. The van der Waals surface area contributed by atoms with Crippen LogP contribution in [0, 0.1) is 0 Å². The first-order valence-electron chi connectivity index (χ1n) is 6.32. The summed E-state index contributed by atoms with van der Waals surface area (Å²) < 4.78 is 6.88. The smallest absolute Gasteiger partial charge is 0.311 e. The highest BCUT2D eigenvalue weighted by molar-refractivity contribution is 9.10. The highest BCUT2D eigenvalue weighted by Crippen LogP contribution is 2.32. The van der Waals surface area contributed by atoms with Crippen molar-refractivity contribution in [2.45, 2.75) is 12.3 Å². The number of hydrogen-bond acceptors (Lipinski definition) is 2. The minimum atomic E-state index is -0.850. The maximum atomic E-state index is 11.7.